The molecule has 5 nitrogen and oxygen atoms in total. The van der Waals surface area contributed by atoms with Crippen LogP contribution in [0.4, 0.5) is 5.69 Å². The number of carbonyl (C=O) groups excluding carboxylic acids is 1. The summed E-state index contributed by atoms with van der Waals surface area (Å²) in [6.07, 6.45) is 3.44. The molecule has 5 rings (SSSR count). The molecule has 5 aromatic heterocycles. The number of nitrogens with zero attached hydrogens (tertiary/aromatic N) is 2. The predicted molar refractivity (Wildman–Crippen MR) is 126 cm³/mol. The predicted octanol–water partition coefficient (Wildman–Crippen LogP) is 5.66. The third-order valence-corrected chi connectivity index (χ3v) is 7.54. The Morgan fingerprint density at radius 1 is 1.07 bits per heavy atom. The fraction of sp³-hybridized carbons (Fsp3) is 0.0455. The molecule has 0 aliphatic rings. The molecule has 5 heterocycles. The molecule has 0 aromatic carbocycles. The molecule has 0 spiro atoms. The number of hydrogen-bond acceptors (Lipinski definition) is 7. The maximum absolute atomic E-state index is 12.9. The molecule has 148 valence electrons. The van der Waals surface area contributed by atoms with E-state index in [0.717, 1.165) is 36.8 Å². The van der Waals surface area contributed by atoms with Crippen LogP contribution in [0.2, 0.25) is 0 Å². The van der Waals surface area contributed by atoms with Gasteiger partial charge in [-0.25, -0.2) is 4.98 Å². The lowest BCUT2D eigenvalue weighted by atomic mass is 10.1. The zero-order chi connectivity index (χ0) is 20.5. The average Bonchev–Trinajstić information content (AvgIpc) is 3.54. The van der Waals surface area contributed by atoms with E-state index in [4.69, 9.17) is 10.7 Å². The summed E-state index contributed by atoms with van der Waals surface area (Å²) < 4.78 is 0. The van der Waals surface area contributed by atoms with Crippen LogP contribution in [0, 0.1) is 0 Å². The fourth-order valence-electron chi connectivity index (χ4n) is 3.23. The Morgan fingerprint density at radius 2 is 1.87 bits per heavy atom. The lowest BCUT2D eigenvalue weighted by molar-refractivity contribution is 0.0956. The zero-order valence-corrected chi connectivity index (χ0v) is 18.1. The number of anilines is 1. The first-order valence-electron chi connectivity index (χ1n) is 9.18. The number of rotatable bonds is 5. The van der Waals surface area contributed by atoms with E-state index in [1.54, 1.807) is 35.1 Å². The number of thiophene rings is 3. The SMILES string of the molecule is Nc1c(C(=O)NCc2cccnc2)sc2nc(-c3cccs3)cc(-c3cccs3)c12. The molecular formula is C22H16N4OS3. The van der Waals surface area contributed by atoms with Crippen molar-refractivity contribution < 1.29 is 4.79 Å². The standard InChI is InChI=1S/C22H16N4OS3/c23-19-18-14(16-5-2-8-28-16)10-15(17-6-3-9-29-17)26-22(18)30-20(19)21(27)25-12-13-4-1-7-24-11-13/h1-11H,12,23H2,(H,25,27). The first-order valence-corrected chi connectivity index (χ1v) is 11.8. The van der Waals surface area contributed by atoms with Gasteiger partial charge in [0.1, 0.15) is 9.71 Å². The van der Waals surface area contributed by atoms with Gasteiger partial charge in [0.15, 0.2) is 0 Å². The number of nitrogens with two attached hydrogens (primary N) is 1. The van der Waals surface area contributed by atoms with Crippen LogP contribution >= 0.6 is 34.0 Å². The van der Waals surface area contributed by atoms with Crippen LogP contribution < -0.4 is 11.1 Å². The smallest absolute Gasteiger partial charge is 0.263 e. The number of carbonyl (C=O) groups is 1. The summed E-state index contributed by atoms with van der Waals surface area (Å²) in [5.41, 5.74) is 9.81. The lowest BCUT2D eigenvalue weighted by Crippen LogP contribution is -2.22. The van der Waals surface area contributed by atoms with E-state index in [2.05, 4.69) is 28.5 Å². The van der Waals surface area contributed by atoms with Crippen LogP contribution in [0.15, 0.2) is 65.6 Å². The summed E-state index contributed by atoms with van der Waals surface area (Å²) in [7, 11) is 0. The highest BCUT2D eigenvalue weighted by molar-refractivity contribution is 7.21. The Bertz CT molecular complexity index is 1310. The Hall–Kier alpha value is -3.07. The summed E-state index contributed by atoms with van der Waals surface area (Å²) in [4.78, 5) is 25.3. The number of fused-ring (bicyclic) bond motifs is 1. The normalized spacial score (nSPS) is 11.1. The number of pyridine rings is 2. The summed E-state index contributed by atoms with van der Waals surface area (Å²) in [6.45, 7) is 0.395. The van der Waals surface area contributed by atoms with Crippen LogP contribution in [0.5, 0.6) is 0 Å². The minimum Gasteiger partial charge on any atom is -0.397 e. The van der Waals surface area contributed by atoms with E-state index in [0.29, 0.717) is 17.1 Å². The van der Waals surface area contributed by atoms with Crippen molar-refractivity contribution >= 4 is 55.8 Å². The molecule has 0 aliphatic heterocycles. The zero-order valence-electron chi connectivity index (χ0n) is 15.7. The topological polar surface area (TPSA) is 80.9 Å². The van der Waals surface area contributed by atoms with Crippen molar-refractivity contribution in [2.75, 3.05) is 5.73 Å². The summed E-state index contributed by atoms with van der Waals surface area (Å²) in [5.74, 6) is -0.200. The van der Waals surface area contributed by atoms with Gasteiger partial charge in [-0.15, -0.1) is 34.0 Å². The fourth-order valence-corrected chi connectivity index (χ4v) is 5.70. The van der Waals surface area contributed by atoms with Gasteiger partial charge < -0.3 is 11.1 Å². The molecule has 0 radical (unpaired) electrons. The van der Waals surface area contributed by atoms with Crippen LogP contribution in [0.3, 0.4) is 0 Å². The summed E-state index contributed by atoms with van der Waals surface area (Å²) in [6, 6.07) is 14.0. The molecule has 0 saturated carbocycles. The van der Waals surface area contributed by atoms with Gasteiger partial charge in [-0.2, -0.15) is 0 Å². The molecule has 8 heteroatoms. The van der Waals surface area contributed by atoms with Crippen molar-refractivity contribution in [2.24, 2.45) is 0 Å². The van der Waals surface area contributed by atoms with Crippen molar-refractivity contribution in [1.82, 2.24) is 15.3 Å². The number of nitrogen functional groups attached to an aromatic ring is 1. The van der Waals surface area contributed by atoms with E-state index in [1.807, 2.05) is 35.0 Å². The van der Waals surface area contributed by atoms with E-state index < -0.39 is 0 Å². The van der Waals surface area contributed by atoms with Crippen molar-refractivity contribution in [3.05, 3.63) is 76.1 Å². The molecule has 0 aliphatic carbocycles. The molecule has 0 atom stereocenters. The summed E-state index contributed by atoms with van der Waals surface area (Å²) >= 11 is 4.63. The van der Waals surface area contributed by atoms with Crippen LogP contribution in [0.25, 0.3) is 31.2 Å². The van der Waals surface area contributed by atoms with Crippen molar-refractivity contribution in [3.63, 3.8) is 0 Å². The van der Waals surface area contributed by atoms with E-state index in [1.165, 1.54) is 11.3 Å². The van der Waals surface area contributed by atoms with Gasteiger partial charge in [-0.3, -0.25) is 9.78 Å². The maximum Gasteiger partial charge on any atom is 0.263 e. The molecule has 1 amide bonds. The van der Waals surface area contributed by atoms with Gasteiger partial charge in [-0.05, 0) is 40.6 Å². The van der Waals surface area contributed by atoms with Crippen LogP contribution in [-0.4, -0.2) is 15.9 Å². The van der Waals surface area contributed by atoms with E-state index >= 15 is 0 Å². The van der Waals surface area contributed by atoms with Crippen molar-refractivity contribution in [3.8, 4) is 21.0 Å². The Labute approximate surface area is 184 Å². The molecule has 5 aromatic rings. The Balaban J connectivity index is 1.58. The largest absolute Gasteiger partial charge is 0.397 e. The highest BCUT2D eigenvalue weighted by Gasteiger charge is 2.22. The minimum absolute atomic E-state index is 0.200. The van der Waals surface area contributed by atoms with Gasteiger partial charge >= 0.3 is 0 Å². The summed E-state index contributed by atoms with van der Waals surface area (Å²) in [5, 5.41) is 7.86. The molecule has 0 saturated heterocycles. The van der Waals surface area contributed by atoms with E-state index in [9.17, 15) is 4.79 Å². The maximum atomic E-state index is 12.9. The second-order valence-electron chi connectivity index (χ2n) is 6.58. The van der Waals surface area contributed by atoms with Crippen molar-refractivity contribution in [1.29, 1.82) is 0 Å². The number of aromatic nitrogens is 2. The molecule has 30 heavy (non-hydrogen) atoms. The number of hydrogen-bond donors (Lipinski definition) is 2. The molecular weight excluding hydrogens is 432 g/mol. The van der Waals surface area contributed by atoms with Gasteiger partial charge in [-0.1, -0.05) is 18.2 Å². The van der Waals surface area contributed by atoms with Gasteiger partial charge in [0, 0.05) is 34.8 Å². The lowest BCUT2D eigenvalue weighted by Gasteiger charge is -2.06. The van der Waals surface area contributed by atoms with Gasteiger partial charge in [0.2, 0.25) is 0 Å². The average molecular weight is 449 g/mol. The van der Waals surface area contributed by atoms with E-state index in [-0.39, 0.29) is 5.91 Å². The molecule has 0 bridgehead atoms. The number of amides is 1. The van der Waals surface area contributed by atoms with Crippen LogP contribution in [-0.2, 0) is 6.54 Å². The van der Waals surface area contributed by atoms with Crippen LogP contribution in [0.1, 0.15) is 15.2 Å². The minimum atomic E-state index is -0.200. The third kappa shape index (κ3) is 3.49. The van der Waals surface area contributed by atoms with Gasteiger partial charge in [0.25, 0.3) is 5.91 Å². The first kappa shape index (κ1) is 18.9. The number of nitrogens with one attached hydrogen (secondary N) is 1. The highest BCUT2D eigenvalue weighted by Crippen LogP contribution is 2.42. The Morgan fingerprint density at radius 3 is 2.57 bits per heavy atom. The second-order valence-corrected chi connectivity index (χ2v) is 9.47. The molecule has 3 N–H and O–H groups in total. The monoisotopic (exact) mass is 448 g/mol. The van der Waals surface area contributed by atoms with Crippen molar-refractivity contribution in [2.45, 2.75) is 6.54 Å². The quantitative estimate of drug-likeness (QED) is 0.363. The first-order chi connectivity index (χ1) is 14.7. The Kier molecular flexibility index (Phi) is 5.04. The second kappa shape index (κ2) is 7.98. The molecule has 0 fully saturated rings. The van der Waals surface area contributed by atoms with Gasteiger partial charge in [0.05, 0.1) is 16.3 Å². The third-order valence-electron chi connectivity index (χ3n) is 4.64. The highest BCUT2D eigenvalue weighted by atomic mass is 32.1. The molecule has 0 unspecified atom stereocenters.